The average Bonchev–Trinajstić information content (AvgIpc) is 2.65. The maximum absolute atomic E-state index is 12.4. The number of aromatic amines is 1. The number of nitrogens with zero attached hydrogens (tertiary/aromatic N) is 1. The van der Waals surface area contributed by atoms with E-state index in [0.717, 1.165) is 11.3 Å². The molecule has 26 heavy (non-hydrogen) atoms. The summed E-state index contributed by atoms with van der Waals surface area (Å²) in [6.07, 6.45) is 0.536. The molecule has 0 aliphatic heterocycles. The smallest absolute Gasteiger partial charge is 0.255 e. The summed E-state index contributed by atoms with van der Waals surface area (Å²) in [4.78, 5) is 31.6. The monoisotopic (exact) mass is 365 g/mol. The molecule has 0 spiro atoms. The number of carbonyl (C=O) groups excluding carboxylic acids is 1. The largest absolute Gasteiger partial charge is 0.325 e. The van der Waals surface area contributed by atoms with E-state index in [9.17, 15) is 9.59 Å². The van der Waals surface area contributed by atoms with Crippen LogP contribution in [0.4, 0.5) is 5.69 Å². The maximum Gasteiger partial charge on any atom is 0.255 e. The first-order valence-corrected chi connectivity index (χ1v) is 9.22. The summed E-state index contributed by atoms with van der Waals surface area (Å²) in [6.45, 7) is 1.82. The van der Waals surface area contributed by atoms with Crippen LogP contribution < -0.4 is 10.9 Å². The summed E-state index contributed by atoms with van der Waals surface area (Å²) >= 11 is 1.21. The minimum absolute atomic E-state index is 0.144. The molecule has 0 aliphatic carbocycles. The molecule has 0 radical (unpaired) electrons. The van der Waals surface area contributed by atoms with Gasteiger partial charge >= 0.3 is 0 Å². The lowest BCUT2D eigenvalue weighted by atomic mass is 10.1. The maximum atomic E-state index is 12.4. The molecule has 5 nitrogen and oxygen atoms in total. The Morgan fingerprint density at radius 3 is 2.38 bits per heavy atom. The third-order valence-corrected chi connectivity index (χ3v) is 4.70. The highest BCUT2D eigenvalue weighted by Crippen LogP contribution is 2.15. The molecule has 0 fully saturated rings. The molecule has 1 amide bonds. The lowest BCUT2D eigenvalue weighted by Gasteiger charge is -2.08. The molecule has 0 atom stereocenters. The predicted octanol–water partition coefficient (Wildman–Crippen LogP) is 3.40. The Hall–Kier alpha value is -2.86. The number of thioether (sulfide) groups is 1. The van der Waals surface area contributed by atoms with Crippen molar-refractivity contribution in [3.63, 3.8) is 0 Å². The van der Waals surface area contributed by atoms with E-state index < -0.39 is 0 Å². The molecule has 0 aliphatic rings. The van der Waals surface area contributed by atoms with Gasteiger partial charge in [-0.1, -0.05) is 60.3 Å². The topological polar surface area (TPSA) is 74.8 Å². The average molecular weight is 365 g/mol. The highest BCUT2D eigenvalue weighted by molar-refractivity contribution is 7.99. The summed E-state index contributed by atoms with van der Waals surface area (Å²) in [7, 11) is 0. The van der Waals surface area contributed by atoms with Crippen molar-refractivity contribution in [2.75, 3.05) is 11.1 Å². The molecule has 3 aromatic rings. The minimum Gasteiger partial charge on any atom is -0.325 e. The van der Waals surface area contributed by atoms with Crippen molar-refractivity contribution in [1.29, 1.82) is 0 Å². The number of hydrogen-bond acceptors (Lipinski definition) is 4. The second kappa shape index (κ2) is 8.49. The van der Waals surface area contributed by atoms with Gasteiger partial charge in [-0.3, -0.25) is 9.59 Å². The van der Waals surface area contributed by atoms with E-state index in [1.165, 1.54) is 11.8 Å². The predicted molar refractivity (Wildman–Crippen MR) is 105 cm³/mol. The van der Waals surface area contributed by atoms with Crippen molar-refractivity contribution in [2.45, 2.75) is 18.5 Å². The summed E-state index contributed by atoms with van der Waals surface area (Å²) < 4.78 is 0. The van der Waals surface area contributed by atoms with Gasteiger partial charge in [-0.25, -0.2) is 4.98 Å². The van der Waals surface area contributed by atoms with E-state index >= 15 is 0 Å². The van der Waals surface area contributed by atoms with Gasteiger partial charge in [0.05, 0.1) is 5.75 Å². The van der Waals surface area contributed by atoms with Crippen LogP contribution in [-0.2, 0) is 11.2 Å². The van der Waals surface area contributed by atoms with Gasteiger partial charge in [0.15, 0.2) is 5.16 Å². The fourth-order valence-corrected chi connectivity index (χ4v) is 3.22. The van der Waals surface area contributed by atoms with Crippen LogP contribution in [0.5, 0.6) is 0 Å². The molecule has 0 saturated heterocycles. The molecule has 1 aromatic heterocycles. The van der Waals surface area contributed by atoms with Crippen molar-refractivity contribution in [3.05, 3.63) is 87.8 Å². The van der Waals surface area contributed by atoms with Crippen molar-refractivity contribution in [2.24, 2.45) is 0 Å². The summed E-state index contributed by atoms with van der Waals surface area (Å²) in [5, 5.41) is 3.26. The van der Waals surface area contributed by atoms with Crippen molar-refractivity contribution in [3.8, 4) is 0 Å². The quantitative estimate of drug-likeness (QED) is 0.519. The molecule has 132 valence electrons. The Morgan fingerprint density at radius 1 is 1.08 bits per heavy atom. The third kappa shape index (κ3) is 4.83. The third-order valence-electron chi connectivity index (χ3n) is 3.82. The Kier molecular flexibility index (Phi) is 5.86. The molecule has 1 heterocycles. The number of H-pyrrole nitrogens is 1. The van der Waals surface area contributed by atoms with Gasteiger partial charge in [0, 0.05) is 23.4 Å². The zero-order valence-electron chi connectivity index (χ0n) is 14.4. The van der Waals surface area contributed by atoms with E-state index in [-0.39, 0.29) is 17.2 Å². The van der Waals surface area contributed by atoms with Gasteiger partial charge in [-0.05, 0) is 24.6 Å². The number of hydrogen-bond donors (Lipinski definition) is 2. The number of aryl methyl sites for hydroxylation is 1. The van der Waals surface area contributed by atoms with Crippen LogP contribution in [0.2, 0.25) is 0 Å². The lowest BCUT2D eigenvalue weighted by Crippen LogP contribution is -2.19. The number of anilines is 1. The number of para-hydroxylation sites is 1. The molecule has 0 saturated carbocycles. The van der Waals surface area contributed by atoms with E-state index in [1.807, 2.05) is 67.6 Å². The van der Waals surface area contributed by atoms with Crippen LogP contribution >= 0.6 is 11.8 Å². The molecule has 2 N–H and O–H groups in total. The van der Waals surface area contributed by atoms with Crippen LogP contribution in [0.15, 0.2) is 70.6 Å². The van der Waals surface area contributed by atoms with Gasteiger partial charge in [0.25, 0.3) is 5.56 Å². The Balaban J connectivity index is 1.64. The first-order chi connectivity index (χ1) is 12.6. The number of rotatable bonds is 6. The zero-order chi connectivity index (χ0) is 18.4. The van der Waals surface area contributed by atoms with Gasteiger partial charge in [-0.2, -0.15) is 0 Å². The molecular formula is C20H19N3O2S. The standard InChI is InChI=1S/C20H19N3O2S/c1-14-17(12-15-8-4-2-5-9-15)19(25)23-20(21-14)26-13-18(24)22-16-10-6-3-7-11-16/h2-11H,12-13H2,1H3,(H,22,24)(H,21,23,25). The normalized spacial score (nSPS) is 10.5. The molecule has 6 heteroatoms. The minimum atomic E-state index is -0.160. The van der Waals surface area contributed by atoms with Crippen molar-refractivity contribution >= 4 is 23.4 Å². The highest BCUT2D eigenvalue weighted by Gasteiger charge is 2.11. The van der Waals surface area contributed by atoms with Crippen LogP contribution in [0.3, 0.4) is 0 Å². The Morgan fingerprint density at radius 2 is 1.73 bits per heavy atom. The van der Waals surface area contributed by atoms with Gasteiger partial charge in [-0.15, -0.1) is 0 Å². The van der Waals surface area contributed by atoms with Crippen molar-refractivity contribution < 1.29 is 4.79 Å². The van der Waals surface area contributed by atoms with Crippen molar-refractivity contribution in [1.82, 2.24) is 9.97 Å². The zero-order valence-corrected chi connectivity index (χ0v) is 15.2. The number of amides is 1. The molecule has 0 bridgehead atoms. The number of nitrogens with one attached hydrogen (secondary N) is 2. The molecule has 3 rings (SSSR count). The highest BCUT2D eigenvalue weighted by atomic mass is 32.2. The second-order valence-electron chi connectivity index (χ2n) is 5.80. The number of benzene rings is 2. The van der Waals surface area contributed by atoms with Gasteiger partial charge in [0.1, 0.15) is 0 Å². The summed E-state index contributed by atoms with van der Waals surface area (Å²) in [5.41, 5.74) is 2.98. The van der Waals surface area contributed by atoms with Crippen LogP contribution in [-0.4, -0.2) is 21.6 Å². The number of aromatic nitrogens is 2. The van der Waals surface area contributed by atoms with Gasteiger partial charge in [0.2, 0.25) is 5.91 Å². The Bertz CT molecular complexity index is 940. The fraction of sp³-hybridized carbons (Fsp3) is 0.150. The first kappa shape index (κ1) is 17.9. The van der Waals surface area contributed by atoms with Crippen LogP contribution in [0, 0.1) is 6.92 Å². The fourth-order valence-electron chi connectivity index (χ4n) is 2.51. The van der Waals surface area contributed by atoms with Crippen LogP contribution in [0.25, 0.3) is 0 Å². The van der Waals surface area contributed by atoms with E-state index in [4.69, 9.17) is 0 Å². The summed E-state index contributed by atoms with van der Waals surface area (Å²) in [6, 6.07) is 19.1. The SMILES string of the molecule is Cc1nc(SCC(=O)Nc2ccccc2)[nH]c(=O)c1Cc1ccccc1. The Labute approximate surface area is 155 Å². The molecule has 0 unspecified atom stereocenters. The summed E-state index contributed by atoms with van der Waals surface area (Å²) in [5.74, 6) is 0.0323. The van der Waals surface area contributed by atoms with Crippen LogP contribution in [0.1, 0.15) is 16.8 Å². The number of carbonyl (C=O) groups is 1. The van der Waals surface area contributed by atoms with Gasteiger partial charge < -0.3 is 10.3 Å². The van der Waals surface area contributed by atoms with E-state index in [0.29, 0.717) is 22.8 Å². The molecule has 2 aromatic carbocycles. The van der Waals surface area contributed by atoms with E-state index in [2.05, 4.69) is 15.3 Å². The first-order valence-electron chi connectivity index (χ1n) is 8.23. The lowest BCUT2D eigenvalue weighted by molar-refractivity contribution is -0.113. The van der Waals surface area contributed by atoms with E-state index in [1.54, 1.807) is 0 Å². The second-order valence-corrected chi connectivity index (χ2v) is 6.76. The molecular weight excluding hydrogens is 346 g/mol.